The van der Waals surface area contributed by atoms with Crippen molar-refractivity contribution in [3.63, 3.8) is 0 Å². The van der Waals surface area contributed by atoms with Gasteiger partial charge in [0.1, 0.15) is 5.82 Å². The van der Waals surface area contributed by atoms with Crippen LogP contribution in [0.5, 0.6) is 0 Å². The summed E-state index contributed by atoms with van der Waals surface area (Å²) in [6.45, 7) is 0. The molecule has 190 valence electrons. The average Bonchev–Trinajstić information content (AvgIpc) is 3.39. The van der Waals surface area contributed by atoms with E-state index in [0.717, 1.165) is 11.3 Å². The zero-order valence-electron chi connectivity index (χ0n) is 19.9. The summed E-state index contributed by atoms with van der Waals surface area (Å²) in [5.74, 6) is 0.491. The first-order valence-electron chi connectivity index (χ1n) is 11.3. The molecule has 4 aromatic rings. The lowest BCUT2D eigenvalue weighted by Gasteiger charge is -2.21. The van der Waals surface area contributed by atoms with Crippen LogP contribution in [0.3, 0.4) is 0 Å². The second kappa shape index (κ2) is 11.4. The van der Waals surface area contributed by atoms with E-state index >= 15 is 0 Å². The van der Waals surface area contributed by atoms with E-state index < -0.39 is 28.2 Å². The van der Waals surface area contributed by atoms with Gasteiger partial charge >= 0.3 is 12.1 Å². The fraction of sp³-hybridized carbons (Fsp3) is 0.115. The molecule has 37 heavy (non-hydrogen) atoms. The van der Waals surface area contributed by atoms with Gasteiger partial charge in [0.15, 0.2) is 0 Å². The van der Waals surface area contributed by atoms with Crippen molar-refractivity contribution in [1.29, 1.82) is 0 Å². The molecule has 0 saturated heterocycles. The van der Waals surface area contributed by atoms with Crippen molar-refractivity contribution in [2.75, 3.05) is 12.4 Å². The van der Waals surface area contributed by atoms with Crippen LogP contribution in [0.1, 0.15) is 17.4 Å². The molecular formula is C26H25N5O5S. The number of ether oxygens (including phenoxy) is 1. The molecule has 0 aliphatic carbocycles. The summed E-state index contributed by atoms with van der Waals surface area (Å²) in [4.78, 5) is 28.8. The Morgan fingerprint density at radius 3 is 2.24 bits per heavy atom. The number of nitrogens with one attached hydrogen (secondary N) is 3. The Morgan fingerprint density at radius 1 is 0.946 bits per heavy atom. The molecule has 1 unspecified atom stereocenters. The number of sulfonamides is 1. The highest BCUT2D eigenvalue weighted by molar-refractivity contribution is 7.90. The molecule has 10 nitrogen and oxygen atoms in total. The van der Waals surface area contributed by atoms with E-state index in [-0.39, 0.29) is 4.90 Å². The highest BCUT2D eigenvalue weighted by Gasteiger charge is 2.24. The second-order valence-electron chi connectivity index (χ2n) is 7.95. The molecule has 0 saturated carbocycles. The lowest BCUT2D eigenvalue weighted by atomic mass is 10.1. The first kappa shape index (κ1) is 25.5. The molecule has 0 aliphatic heterocycles. The molecule has 0 fully saturated rings. The van der Waals surface area contributed by atoms with E-state index in [4.69, 9.17) is 0 Å². The number of urea groups is 1. The SMILES string of the molecule is COC(=O)Nc1ccc(-n2ccnc2C(Cc2ccccc2)NC(=O)NS(=O)(=O)c2ccccc2)cc1. The van der Waals surface area contributed by atoms with Gasteiger partial charge in [-0.15, -0.1) is 0 Å². The van der Waals surface area contributed by atoms with E-state index in [2.05, 4.69) is 25.1 Å². The first-order chi connectivity index (χ1) is 17.9. The number of methoxy groups -OCH3 is 1. The summed E-state index contributed by atoms with van der Waals surface area (Å²) in [6, 6.07) is 22.5. The third kappa shape index (κ3) is 6.53. The van der Waals surface area contributed by atoms with Gasteiger partial charge in [-0.2, -0.15) is 0 Å². The topological polar surface area (TPSA) is 131 Å². The smallest absolute Gasteiger partial charge is 0.411 e. The third-order valence-corrected chi connectivity index (χ3v) is 6.77. The third-order valence-electron chi connectivity index (χ3n) is 5.43. The van der Waals surface area contributed by atoms with Crippen LogP contribution in [0.4, 0.5) is 15.3 Å². The van der Waals surface area contributed by atoms with Crippen LogP contribution >= 0.6 is 0 Å². The average molecular weight is 520 g/mol. The minimum atomic E-state index is -4.06. The van der Waals surface area contributed by atoms with Gasteiger partial charge in [-0.1, -0.05) is 48.5 Å². The Balaban J connectivity index is 1.60. The molecule has 1 aromatic heterocycles. The van der Waals surface area contributed by atoms with Crippen LogP contribution in [0.15, 0.2) is 102 Å². The van der Waals surface area contributed by atoms with Crippen molar-refractivity contribution in [3.8, 4) is 5.69 Å². The van der Waals surface area contributed by atoms with E-state index in [1.807, 2.05) is 30.3 Å². The Bertz CT molecular complexity index is 1460. The number of hydrogen-bond acceptors (Lipinski definition) is 6. The van der Waals surface area contributed by atoms with Gasteiger partial charge in [0.05, 0.1) is 18.0 Å². The van der Waals surface area contributed by atoms with Gasteiger partial charge in [0, 0.05) is 23.8 Å². The largest absolute Gasteiger partial charge is 0.453 e. The lowest BCUT2D eigenvalue weighted by molar-refractivity contribution is 0.187. The van der Waals surface area contributed by atoms with E-state index in [1.54, 1.807) is 59.4 Å². The molecule has 0 bridgehead atoms. The number of carbonyl (C=O) groups excluding carboxylic acids is 2. The monoisotopic (exact) mass is 519 g/mol. The number of carbonyl (C=O) groups is 2. The van der Waals surface area contributed by atoms with Gasteiger partial charge in [-0.25, -0.2) is 27.7 Å². The van der Waals surface area contributed by atoms with Gasteiger partial charge in [-0.3, -0.25) is 5.32 Å². The predicted octanol–water partition coefficient (Wildman–Crippen LogP) is 4.02. The molecule has 4 rings (SSSR count). The summed E-state index contributed by atoms with van der Waals surface area (Å²) in [5.41, 5.74) is 2.19. The number of hydrogen-bond donors (Lipinski definition) is 3. The standard InChI is InChI=1S/C26H25N5O5S/c1-36-26(33)28-20-12-14-21(15-13-20)31-17-16-27-24(31)23(18-19-8-4-2-5-9-19)29-25(32)30-37(34,35)22-10-6-3-7-11-22/h2-17,23H,18H2,1H3,(H,28,33)(H2,29,30,32). The lowest BCUT2D eigenvalue weighted by Crippen LogP contribution is -2.42. The Kier molecular flexibility index (Phi) is 7.84. The number of nitrogens with zero attached hydrogens (tertiary/aromatic N) is 2. The number of anilines is 1. The molecule has 0 radical (unpaired) electrons. The number of imidazole rings is 1. The van der Waals surface area contributed by atoms with Crippen LogP contribution in [-0.4, -0.2) is 37.2 Å². The van der Waals surface area contributed by atoms with Crippen LogP contribution in [0.2, 0.25) is 0 Å². The highest BCUT2D eigenvalue weighted by atomic mass is 32.2. The zero-order chi connectivity index (χ0) is 26.3. The normalized spacial score (nSPS) is 11.8. The maximum absolute atomic E-state index is 12.9. The van der Waals surface area contributed by atoms with E-state index in [1.165, 1.54) is 19.2 Å². The highest BCUT2D eigenvalue weighted by Crippen LogP contribution is 2.22. The minimum Gasteiger partial charge on any atom is -0.453 e. The van der Waals surface area contributed by atoms with Crippen molar-refractivity contribution in [2.24, 2.45) is 0 Å². The van der Waals surface area contributed by atoms with Crippen molar-refractivity contribution in [2.45, 2.75) is 17.4 Å². The van der Waals surface area contributed by atoms with Gasteiger partial charge in [0.25, 0.3) is 10.0 Å². The molecule has 0 aliphatic rings. The Labute approximate surface area is 214 Å². The first-order valence-corrected chi connectivity index (χ1v) is 12.7. The van der Waals surface area contributed by atoms with Crippen LogP contribution in [0.25, 0.3) is 5.69 Å². The summed E-state index contributed by atoms with van der Waals surface area (Å²) in [7, 11) is -2.78. The summed E-state index contributed by atoms with van der Waals surface area (Å²) < 4.78 is 33.8. The maximum Gasteiger partial charge on any atom is 0.411 e. The van der Waals surface area contributed by atoms with Gasteiger partial charge in [-0.05, 0) is 48.4 Å². The summed E-state index contributed by atoms with van der Waals surface area (Å²) >= 11 is 0. The van der Waals surface area contributed by atoms with Crippen LogP contribution in [0, 0.1) is 0 Å². The van der Waals surface area contributed by atoms with Crippen LogP contribution < -0.4 is 15.4 Å². The molecule has 3 aromatic carbocycles. The van der Waals surface area contributed by atoms with Gasteiger partial charge < -0.3 is 14.6 Å². The van der Waals surface area contributed by atoms with Crippen molar-refractivity contribution >= 4 is 27.8 Å². The Morgan fingerprint density at radius 2 is 1.59 bits per heavy atom. The number of amides is 3. The van der Waals surface area contributed by atoms with Crippen LogP contribution in [-0.2, 0) is 21.2 Å². The molecule has 11 heteroatoms. The number of benzene rings is 3. The quantitative estimate of drug-likeness (QED) is 0.322. The summed E-state index contributed by atoms with van der Waals surface area (Å²) in [6.07, 6.45) is 3.10. The maximum atomic E-state index is 12.9. The van der Waals surface area contributed by atoms with Crippen molar-refractivity contribution in [3.05, 3.63) is 109 Å². The molecule has 1 heterocycles. The van der Waals surface area contributed by atoms with Gasteiger partial charge in [0.2, 0.25) is 0 Å². The molecular weight excluding hydrogens is 494 g/mol. The number of aromatic nitrogens is 2. The molecule has 0 spiro atoms. The minimum absolute atomic E-state index is 0.0214. The van der Waals surface area contributed by atoms with Crippen molar-refractivity contribution < 1.29 is 22.7 Å². The second-order valence-corrected chi connectivity index (χ2v) is 9.64. The molecule has 3 amide bonds. The number of rotatable bonds is 8. The predicted molar refractivity (Wildman–Crippen MR) is 138 cm³/mol. The molecule has 1 atom stereocenters. The van der Waals surface area contributed by atoms with E-state index in [0.29, 0.717) is 17.9 Å². The Hall–Kier alpha value is -4.64. The van der Waals surface area contributed by atoms with E-state index in [9.17, 15) is 18.0 Å². The molecule has 3 N–H and O–H groups in total. The summed E-state index contributed by atoms with van der Waals surface area (Å²) in [5, 5.41) is 5.35. The van der Waals surface area contributed by atoms with Crippen molar-refractivity contribution in [1.82, 2.24) is 19.6 Å². The fourth-order valence-corrected chi connectivity index (χ4v) is 4.63. The fourth-order valence-electron chi connectivity index (χ4n) is 3.69. The zero-order valence-corrected chi connectivity index (χ0v) is 20.7.